The van der Waals surface area contributed by atoms with E-state index in [0.29, 0.717) is 10.7 Å². The molecular formula is C25H27N3OS. The van der Waals surface area contributed by atoms with E-state index in [1.807, 2.05) is 19.1 Å². The summed E-state index contributed by atoms with van der Waals surface area (Å²) in [6.45, 7) is 3.96. The summed E-state index contributed by atoms with van der Waals surface area (Å²) in [6, 6.07) is 16.0. The summed E-state index contributed by atoms with van der Waals surface area (Å²) < 4.78 is 0. The number of hydrogen-bond acceptors (Lipinski definition) is 3. The second-order valence-corrected chi connectivity index (χ2v) is 8.87. The van der Waals surface area contributed by atoms with E-state index in [1.165, 1.54) is 12.0 Å². The summed E-state index contributed by atoms with van der Waals surface area (Å²) in [5.41, 5.74) is 3.75. The van der Waals surface area contributed by atoms with Crippen LogP contribution in [-0.2, 0) is 4.79 Å². The minimum atomic E-state index is -0.630. The van der Waals surface area contributed by atoms with Crippen LogP contribution in [0.4, 0.5) is 11.4 Å². The number of thiocarbonyl (C=S) groups is 1. The van der Waals surface area contributed by atoms with Crippen LogP contribution in [0, 0.1) is 25.2 Å². The van der Waals surface area contributed by atoms with Crippen molar-refractivity contribution < 1.29 is 4.79 Å². The van der Waals surface area contributed by atoms with Gasteiger partial charge in [0.15, 0.2) is 5.11 Å². The van der Waals surface area contributed by atoms with Crippen molar-refractivity contribution in [3.05, 3.63) is 59.2 Å². The zero-order chi connectivity index (χ0) is 21.3. The van der Waals surface area contributed by atoms with Gasteiger partial charge in [-0.15, -0.1) is 0 Å². The number of hydrogen-bond donors (Lipinski definition) is 0. The number of nitrogens with zero attached hydrogens (tertiary/aromatic N) is 3. The average molecular weight is 418 g/mol. The van der Waals surface area contributed by atoms with Gasteiger partial charge in [0.2, 0.25) is 0 Å². The van der Waals surface area contributed by atoms with Crippen LogP contribution in [0.25, 0.3) is 0 Å². The Balaban J connectivity index is 1.83. The van der Waals surface area contributed by atoms with Crippen LogP contribution in [0.2, 0.25) is 0 Å². The molecule has 0 aromatic heterocycles. The van der Waals surface area contributed by atoms with E-state index in [-0.39, 0.29) is 5.91 Å². The number of anilines is 2. The monoisotopic (exact) mass is 417 g/mol. The van der Waals surface area contributed by atoms with Crippen LogP contribution in [-0.4, -0.2) is 16.6 Å². The predicted octanol–water partition coefficient (Wildman–Crippen LogP) is 5.80. The standard InChI is InChI=1S/C25H27N3OS/c1-18-8-11-21(12-9-18)28-24(30)27(22-13-10-20(17-26)19(2)16-22)23(29)25(28)14-6-4-3-5-7-15-25/h8-13,16H,3-7,14-15H2,1-2H3. The molecule has 2 aromatic rings. The maximum Gasteiger partial charge on any atom is 0.259 e. The van der Waals surface area contributed by atoms with Crippen LogP contribution in [0.5, 0.6) is 0 Å². The van der Waals surface area contributed by atoms with Gasteiger partial charge in [-0.3, -0.25) is 9.69 Å². The van der Waals surface area contributed by atoms with Crippen LogP contribution in [0.3, 0.4) is 0 Å². The molecule has 1 amide bonds. The predicted molar refractivity (Wildman–Crippen MR) is 125 cm³/mol. The highest BCUT2D eigenvalue weighted by atomic mass is 32.1. The van der Waals surface area contributed by atoms with E-state index in [4.69, 9.17) is 12.2 Å². The van der Waals surface area contributed by atoms with E-state index in [9.17, 15) is 10.1 Å². The van der Waals surface area contributed by atoms with Gasteiger partial charge in [-0.25, -0.2) is 0 Å². The van der Waals surface area contributed by atoms with Gasteiger partial charge in [-0.1, -0.05) is 49.8 Å². The molecule has 5 heteroatoms. The molecule has 1 saturated carbocycles. The Morgan fingerprint density at radius 3 is 2.13 bits per heavy atom. The Morgan fingerprint density at radius 1 is 0.933 bits per heavy atom. The fourth-order valence-corrected chi connectivity index (χ4v) is 5.26. The fraction of sp³-hybridized carbons (Fsp3) is 0.400. The summed E-state index contributed by atoms with van der Waals surface area (Å²) in [5, 5.41) is 9.82. The molecule has 4 rings (SSSR count). The van der Waals surface area contributed by atoms with Crippen molar-refractivity contribution >= 4 is 34.6 Å². The number of aryl methyl sites for hydroxylation is 2. The lowest BCUT2D eigenvalue weighted by atomic mass is 9.82. The average Bonchev–Trinajstić information content (AvgIpc) is 2.92. The molecule has 1 saturated heterocycles. The first-order valence-electron chi connectivity index (χ1n) is 10.7. The number of amides is 1. The second-order valence-electron chi connectivity index (χ2n) is 8.50. The van der Waals surface area contributed by atoms with Gasteiger partial charge < -0.3 is 4.90 Å². The Kier molecular flexibility index (Phi) is 5.62. The lowest BCUT2D eigenvalue weighted by Crippen LogP contribution is -2.50. The summed E-state index contributed by atoms with van der Waals surface area (Å²) in [6.07, 6.45) is 7.21. The highest BCUT2D eigenvalue weighted by Crippen LogP contribution is 2.43. The smallest absolute Gasteiger partial charge is 0.259 e. The highest BCUT2D eigenvalue weighted by Gasteiger charge is 2.55. The van der Waals surface area contributed by atoms with Crippen molar-refractivity contribution in [2.75, 3.05) is 9.80 Å². The lowest BCUT2D eigenvalue weighted by Gasteiger charge is -2.37. The Hall–Kier alpha value is -2.71. The Labute approximate surface area is 184 Å². The van der Waals surface area contributed by atoms with Gasteiger partial charge in [0.1, 0.15) is 5.54 Å². The number of nitriles is 1. The van der Waals surface area contributed by atoms with Crippen molar-refractivity contribution in [1.29, 1.82) is 5.26 Å². The summed E-state index contributed by atoms with van der Waals surface area (Å²) in [4.78, 5) is 17.8. The zero-order valence-corrected chi connectivity index (χ0v) is 18.5. The maximum absolute atomic E-state index is 14.0. The molecule has 0 atom stereocenters. The van der Waals surface area contributed by atoms with Gasteiger partial charge in [0, 0.05) is 5.69 Å². The number of benzene rings is 2. The van der Waals surface area contributed by atoms with E-state index < -0.39 is 5.54 Å². The van der Waals surface area contributed by atoms with E-state index in [0.717, 1.165) is 55.5 Å². The van der Waals surface area contributed by atoms with Crippen LogP contribution < -0.4 is 9.80 Å². The van der Waals surface area contributed by atoms with Crippen molar-refractivity contribution in [1.82, 2.24) is 0 Å². The summed E-state index contributed by atoms with van der Waals surface area (Å²) in [7, 11) is 0. The third kappa shape index (κ3) is 3.40. The molecule has 2 fully saturated rings. The molecule has 1 heterocycles. The third-order valence-electron chi connectivity index (χ3n) is 6.47. The van der Waals surface area contributed by atoms with E-state index >= 15 is 0 Å². The second kappa shape index (κ2) is 8.20. The molecule has 1 spiro atoms. The van der Waals surface area contributed by atoms with Gasteiger partial charge >= 0.3 is 0 Å². The first kappa shape index (κ1) is 20.6. The van der Waals surface area contributed by atoms with Gasteiger partial charge in [0.25, 0.3) is 5.91 Å². The Bertz CT molecular complexity index is 1010. The molecule has 2 aliphatic rings. The quantitative estimate of drug-likeness (QED) is 0.580. The maximum atomic E-state index is 14.0. The topological polar surface area (TPSA) is 47.3 Å². The molecule has 0 radical (unpaired) electrons. The van der Waals surface area contributed by atoms with E-state index in [1.54, 1.807) is 11.0 Å². The fourth-order valence-electron chi connectivity index (χ4n) is 4.79. The molecule has 154 valence electrons. The van der Waals surface area contributed by atoms with Crippen molar-refractivity contribution in [3.63, 3.8) is 0 Å². The van der Waals surface area contributed by atoms with Crippen molar-refractivity contribution in [2.24, 2.45) is 0 Å². The molecular weight excluding hydrogens is 390 g/mol. The number of carbonyl (C=O) groups is 1. The normalized spacial score (nSPS) is 19.0. The highest BCUT2D eigenvalue weighted by molar-refractivity contribution is 7.81. The largest absolute Gasteiger partial charge is 0.303 e. The Morgan fingerprint density at radius 2 is 1.53 bits per heavy atom. The number of carbonyl (C=O) groups excluding carboxylic acids is 1. The minimum absolute atomic E-state index is 0.0686. The summed E-state index contributed by atoms with van der Waals surface area (Å²) >= 11 is 5.94. The molecule has 0 unspecified atom stereocenters. The van der Waals surface area contributed by atoms with Crippen molar-refractivity contribution in [2.45, 2.75) is 64.3 Å². The zero-order valence-electron chi connectivity index (χ0n) is 17.6. The molecule has 2 aromatic carbocycles. The third-order valence-corrected chi connectivity index (χ3v) is 6.84. The molecule has 4 nitrogen and oxygen atoms in total. The first-order chi connectivity index (χ1) is 14.5. The van der Waals surface area contributed by atoms with Crippen LogP contribution in [0.15, 0.2) is 42.5 Å². The van der Waals surface area contributed by atoms with Crippen molar-refractivity contribution in [3.8, 4) is 6.07 Å². The van der Waals surface area contributed by atoms with Gasteiger partial charge in [0.05, 0.1) is 17.3 Å². The number of rotatable bonds is 2. The molecule has 1 aliphatic carbocycles. The molecule has 0 N–H and O–H groups in total. The van der Waals surface area contributed by atoms with Crippen LogP contribution >= 0.6 is 12.2 Å². The lowest BCUT2D eigenvalue weighted by molar-refractivity contribution is -0.122. The first-order valence-corrected chi connectivity index (χ1v) is 11.1. The molecule has 1 aliphatic heterocycles. The van der Waals surface area contributed by atoms with Gasteiger partial charge in [-0.2, -0.15) is 5.26 Å². The summed E-state index contributed by atoms with van der Waals surface area (Å²) in [5.74, 6) is 0.0686. The SMILES string of the molecule is Cc1ccc(N2C(=S)N(c3ccc(C#N)c(C)c3)C(=O)C23CCCCCCC3)cc1. The van der Waals surface area contributed by atoms with Crippen LogP contribution in [0.1, 0.15) is 61.6 Å². The van der Waals surface area contributed by atoms with E-state index in [2.05, 4.69) is 42.2 Å². The minimum Gasteiger partial charge on any atom is -0.303 e. The molecule has 0 bridgehead atoms. The van der Waals surface area contributed by atoms with Gasteiger partial charge in [-0.05, 0) is 74.8 Å². The molecule has 30 heavy (non-hydrogen) atoms.